The van der Waals surface area contributed by atoms with Crippen molar-refractivity contribution in [2.24, 2.45) is 0 Å². The highest BCUT2D eigenvalue weighted by Crippen LogP contribution is 2.67. The van der Waals surface area contributed by atoms with Crippen LogP contribution in [0.4, 0.5) is 34.1 Å². The summed E-state index contributed by atoms with van der Waals surface area (Å²) in [4.78, 5) is 4.91. The van der Waals surface area contributed by atoms with Gasteiger partial charge in [-0.15, -0.1) is 0 Å². The highest BCUT2D eigenvalue weighted by Gasteiger charge is 2.54. The highest BCUT2D eigenvalue weighted by atomic mass is 15.2. The lowest BCUT2D eigenvalue weighted by atomic mass is 9.69. The van der Waals surface area contributed by atoms with Crippen LogP contribution >= 0.6 is 0 Å². The summed E-state index contributed by atoms with van der Waals surface area (Å²) in [6, 6.07) is 84.8. The summed E-state index contributed by atoms with van der Waals surface area (Å²) in [5, 5.41) is 4.93. The first-order valence-corrected chi connectivity index (χ1v) is 20.4. The van der Waals surface area contributed by atoms with Crippen LogP contribution in [0.1, 0.15) is 22.3 Å². The molecular weight excluding hydrogens is 713 g/mol. The van der Waals surface area contributed by atoms with E-state index >= 15 is 0 Å². The normalized spacial score (nSPS) is 14.5. The van der Waals surface area contributed by atoms with Crippen molar-refractivity contribution in [2.45, 2.75) is 5.41 Å². The van der Waals surface area contributed by atoms with Crippen LogP contribution in [0.5, 0.6) is 0 Å². The Morgan fingerprint density at radius 1 is 0.288 bits per heavy atom. The van der Waals surface area contributed by atoms with E-state index in [4.69, 9.17) is 0 Å². The van der Waals surface area contributed by atoms with Crippen molar-refractivity contribution in [1.29, 1.82) is 0 Å². The molecule has 0 saturated carbocycles. The Bertz CT molecular complexity index is 3180. The monoisotopic (exact) mass is 750 g/mol. The van der Waals surface area contributed by atoms with E-state index in [0.717, 1.165) is 28.4 Å². The number of nitrogens with zero attached hydrogens (tertiary/aromatic N) is 2. The van der Waals surface area contributed by atoms with Gasteiger partial charge in [0.2, 0.25) is 0 Å². The number of para-hydroxylation sites is 3. The maximum absolute atomic E-state index is 2.48. The highest BCUT2D eigenvalue weighted by molar-refractivity contribution is 6.11. The molecule has 2 aliphatic rings. The number of fused-ring (bicyclic) bond motifs is 13. The predicted octanol–water partition coefficient (Wildman–Crippen LogP) is 15.3. The molecule has 0 fully saturated rings. The summed E-state index contributed by atoms with van der Waals surface area (Å²) in [6.45, 7) is 0. The molecule has 12 rings (SSSR count). The standard InChI is InChI=1S/C57H38N2/c1-4-22-41(23-5-1)58(42-24-6-2-7-25-42)54-37-40-20-11-13-29-46(40)55-48-31-15-17-33-51(48)57(56(54)55)50-32-16-14-30-47(50)49-38-44(35-36-52(49)57)59(43-26-8-3-9-27-43)53-34-18-21-39-19-10-12-28-45(39)53/h1-38H. The first-order chi connectivity index (χ1) is 29.3. The van der Waals surface area contributed by atoms with Gasteiger partial charge in [0.1, 0.15) is 0 Å². The lowest BCUT2D eigenvalue weighted by Crippen LogP contribution is -2.28. The molecule has 2 heteroatoms. The van der Waals surface area contributed by atoms with Crippen molar-refractivity contribution >= 4 is 55.7 Å². The second-order valence-electron chi connectivity index (χ2n) is 15.6. The van der Waals surface area contributed by atoms with Gasteiger partial charge in [0.15, 0.2) is 0 Å². The molecule has 0 amide bonds. The van der Waals surface area contributed by atoms with Gasteiger partial charge in [0, 0.05) is 33.7 Å². The fraction of sp³-hybridized carbons (Fsp3) is 0.0175. The Morgan fingerprint density at radius 2 is 0.780 bits per heavy atom. The zero-order chi connectivity index (χ0) is 38.9. The minimum atomic E-state index is -0.589. The fourth-order valence-corrected chi connectivity index (χ4v) is 10.3. The Morgan fingerprint density at radius 3 is 1.46 bits per heavy atom. The van der Waals surface area contributed by atoms with E-state index < -0.39 is 5.41 Å². The third-order valence-corrected chi connectivity index (χ3v) is 12.6. The van der Waals surface area contributed by atoms with Gasteiger partial charge in [-0.05, 0) is 116 Å². The zero-order valence-electron chi connectivity index (χ0n) is 32.3. The SMILES string of the molecule is c1ccc(N(c2ccccc2)c2cc3ccccc3c3c2C2(c4ccccc4-c4cc(N(c5ccccc5)c5cccc6ccccc56)ccc42)c2ccccc2-3)cc1. The van der Waals surface area contributed by atoms with Crippen LogP contribution in [0.2, 0.25) is 0 Å². The molecule has 0 N–H and O–H groups in total. The average Bonchev–Trinajstić information content (AvgIpc) is 3.78. The average molecular weight is 751 g/mol. The molecule has 0 aromatic heterocycles. The molecule has 10 aromatic rings. The van der Waals surface area contributed by atoms with Crippen molar-refractivity contribution in [3.8, 4) is 22.3 Å². The minimum absolute atomic E-state index is 0.589. The summed E-state index contributed by atoms with van der Waals surface area (Å²) >= 11 is 0. The third kappa shape index (κ3) is 4.87. The maximum Gasteiger partial charge on any atom is 0.0746 e. The number of benzene rings is 10. The van der Waals surface area contributed by atoms with Gasteiger partial charge in [0.25, 0.3) is 0 Å². The fourth-order valence-electron chi connectivity index (χ4n) is 10.3. The van der Waals surface area contributed by atoms with Crippen molar-refractivity contribution in [3.05, 3.63) is 253 Å². The third-order valence-electron chi connectivity index (χ3n) is 12.6. The maximum atomic E-state index is 2.48. The predicted molar refractivity (Wildman–Crippen MR) is 247 cm³/mol. The molecule has 2 nitrogen and oxygen atoms in total. The number of rotatable bonds is 6. The summed E-state index contributed by atoms with van der Waals surface area (Å²) in [6.07, 6.45) is 0. The quantitative estimate of drug-likeness (QED) is 0.167. The van der Waals surface area contributed by atoms with E-state index in [-0.39, 0.29) is 0 Å². The van der Waals surface area contributed by atoms with E-state index in [2.05, 4.69) is 240 Å². The first kappa shape index (κ1) is 33.5. The van der Waals surface area contributed by atoms with Crippen molar-refractivity contribution in [2.75, 3.05) is 9.80 Å². The van der Waals surface area contributed by atoms with E-state index in [1.165, 1.54) is 71.7 Å². The molecule has 0 saturated heterocycles. The van der Waals surface area contributed by atoms with Crippen molar-refractivity contribution in [3.63, 3.8) is 0 Å². The van der Waals surface area contributed by atoms with Crippen LogP contribution in [0.15, 0.2) is 231 Å². The smallest absolute Gasteiger partial charge is 0.0746 e. The van der Waals surface area contributed by atoms with Crippen LogP contribution in [-0.4, -0.2) is 0 Å². The van der Waals surface area contributed by atoms with E-state index in [0.29, 0.717) is 0 Å². The molecule has 0 radical (unpaired) electrons. The second-order valence-corrected chi connectivity index (χ2v) is 15.6. The molecule has 0 bridgehead atoms. The van der Waals surface area contributed by atoms with Gasteiger partial charge in [0.05, 0.1) is 16.8 Å². The Hall–Kier alpha value is -7.68. The van der Waals surface area contributed by atoms with Crippen LogP contribution < -0.4 is 9.80 Å². The number of hydrogen-bond donors (Lipinski definition) is 0. The van der Waals surface area contributed by atoms with Crippen molar-refractivity contribution < 1.29 is 0 Å². The van der Waals surface area contributed by atoms with E-state index in [1.807, 2.05) is 0 Å². The molecule has 2 aliphatic carbocycles. The Balaban J connectivity index is 1.19. The molecule has 10 aromatic carbocycles. The zero-order valence-corrected chi connectivity index (χ0v) is 32.3. The lowest BCUT2D eigenvalue weighted by Gasteiger charge is -2.36. The molecule has 0 heterocycles. The van der Waals surface area contributed by atoms with Gasteiger partial charge in [-0.1, -0.05) is 170 Å². The van der Waals surface area contributed by atoms with Crippen LogP contribution in [0.3, 0.4) is 0 Å². The van der Waals surface area contributed by atoms with Gasteiger partial charge >= 0.3 is 0 Å². The Labute approximate surface area is 344 Å². The number of hydrogen-bond acceptors (Lipinski definition) is 2. The molecular formula is C57H38N2. The van der Waals surface area contributed by atoms with Gasteiger partial charge < -0.3 is 9.80 Å². The molecule has 59 heavy (non-hydrogen) atoms. The van der Waals surface area contributed by atoms with Crippen LogP contribution in [0.25, 0.3) is 43.8 Å². The molecule has 1 atom stereocenters. The molecule has 1 unspecified atom stereocenters. The summed E-state index contributed by atoms with van der Waals surface area (Å²) < 4.78 is 0. The summed E-state index contributed by atoms with van der Waals surface area (Å²) in [5.74, 6) is 0. The van der Waals surface area contributed by atoms with Crippen LogP contribution in [-0.2, 0) is 5.41 Å². The lowest BCUT2D eigenvalue weighted by molar-refractivity contribution is 0.793. The largest absolute Gasteiger partial charge is 0.310 e. The van der Waals surface area contributed by atoms with Crippen molar-refractivity contribution in [1.82, 2.24) is 0 Å². The van der Waals surface area contributed by atoms with Gasteiger partial charge in [-0.2, -0.15) is 0 Å². The Kier molecular flexibility index (Phi) is 7.48. The van der Waals surface area contributed by atoms with E-state index in [1.54, 1.807) is 0 Å². The van der Waals surface area contributed by atoms with Gasteiger partial charge in [-0.3, -0.25) is 0 Å². The topological polar surface area (TPSA) is 6.48 Å². The summed E-state index contributed by atoms with van der Waals surface area (Å²) in [5.41, 5.74) is 16.6. The molecule has 1 spiro atoms. The summed E-state index contributed by atoms with van der Waals surface area (Å²) in [7, 11) is 0. The molecule has 0 aliphatic heterocycles. The minimum Gasteiger partial charge on any atom is -0.310 e. The van der Waals surface area contributed by atoms with E-state index in [9.17, 15) is 0 Å². The first-order valence-electron chi connectivity index (χ1n) is 20.4. The van der Waals surface area contributed by atoms with Crippen LogP contribution in [0, 0.1) is 0 Å². The molecule has 276 valence electrons. The number of anilines is 6. The van der Waals surface area contributed by atoms with Gasteiger partial charge in [-0.25, -0.2) is 0 Å². The second kappa shape index (κ2) is 13.2.